The second-order valence-corrected chi connectivity index (χ2v) is 28.6. The van der Waals surface area contributed by atoms with Crippen molar-refractivity contribution in [1.29, 1.82) is 0 Å². The summed E-state index contributed by atoms with van der Waals surface area (Å²) in [4.78, 5) is 29.4. The Bertz CT molecular complexity index is 2330. The standard InChI is InChI=1S/C52H67N3O13Si2/c1-34(56)62-45-42(54-55-53)48(58-10)64-40(32-60-69(50(3,4)5,36-24-16-12-17-25-36)37-26-18-13-19-27-37)43(45)66-49-47(63-35(2)57)46-44(67-52(9,59-11)68-46)41(65-49)33-61-70(51(6,7)8,38-28-20-14-21-29-38)39-30-22-15-23-31-39/h12-31,40-49H,32-33H2,1-11H3/t40-,41-,42-,43-,44+,45-,46+,47-,48-,49+,52?/m1/s1. The normalized spacial score (nSPS) is 28.3. The molecule has 3 saturated heterocycles. The molecular formula is C52H67N3O13Si2. The van der Waals surface area contributed by atoms with Gasteiger partial charge in [-0.15, -0.1) is 0 Å². The summed E-state index contributed by atoms with van der Waals surface area (Å²) in [6.07, 6.45) is -10.6. The van der Waals surface area contributed by atoms with Crippen LogP contribution in [0.25, 0.3) is 10.4 Å². The highest BCUT2D eigenvalue weighted by Gasteiger charge is 2.62. The van der Waals surface area contributed by atoms with Crippen LogP contribution in [-0.2, 0) is 61.1 Å². The average Bonchev–Trinajstić information content (AvgIpc) is 3.70. The molecule has 3 aliphatic heterocycles. The number of nitrogens with zero attached hydrogens (tertiary/aromatic N) is 3. The summed E-state index contributed by atoms with van der Waals surface area (Å²) >= 11 is 0. The Labute approximate surface area is 413 Å². The summed E-state index contributed by atoms with van der Waals surface area (Å²) < 4.78 is 72.4. The Morgan fingerprint density at radius 1 is 0.614 bits per heavy atom. The molecule has 4 aromatic rings. The number of esters is 2. The van der Waals surface area contributed by atoms with Crippen molar-refractivity contribution in [1.82, 2.24) is 0 Å². The molecule has 0 N–H and O–H groups in total. The third-order valence-electron chi connectivity index (χ3n) is 13.4. The van der Waals surface area contributed by atoms with E-state index in [9.17, 15) is 15.1 Å². The molecule has 3 heterocycles. The highest BCUT2D eigenvalue weighted by Crippen LogP contribution is 2.44. The van der Waals surface area contributed by atoms with Gasteiger partial charge in [0.05, 0.1) is 13.2 Å². The van der Waals surface area contributed by atoms with Crippen molar-refractivity contribution >= 4 is 49.3 Å². The molecule has 0 aromatic heterocycles. The van der Waals surface area contributed by atoms with Crippen molar-refractivity contribution in [2.45, 2.75) is 140 Å². The molecule has 0 spiro atoms. The van der Waals surface area contributed by atoms with Gasteiger partial charge in [-0.05, 0) is 36.4 Å². The highest BCUT2D eigenvalue weighted by molar-refractivity contribution is 7.00. The summed E-state index contributed by atoms with van der Waals surface area (Å²) in [5, 5.41) is 7.28. The number of benzene rings is 4. The Morgan fingerprint density at radius 3 is 1.40 bits per heavy atom. The molecular weight excluding hydrogens is 931 g/mol. The van der Waals surface area contributed by atoms with E-state index in [0.717, 1.165) is 20.7 Å². The van der Waals surface area contributed by atoms with Crippen LogP contribution in [0, 0.1) is 0 Å². The molecule has 4 aromatic carbocycles. The summed E-state index contributed by atoms with van der Waals surface area (Å²) in [5.41, 5.74) is 9.92. The second-order valence-electron chi connectivity index (χ2n) is 19.9. The first-order valence-corrected chi connectivity index (χ1v) is 27.4. The number of rotatable bonds is 17. The lowest BCUT2D eigenvalue weighted by Gasteiger charge is -2.49. The molecule has 376 valence electrons. The first-order chi connectivity index (χ1) is 33.3. The number of methoxy groups -OCH3 is 2. The maximum absolute atomic E-state index is 13.1. The van der Waals surface area contributed by atoms with E-state index < -0.39 is 106 Å². The molecule has 0 bridgehead atoms. The Hall–Kier alpha value is -4.80. The zero-order valence-electron chi connectivity index (χ0n) is 41.9. The molecule has 7 rings (SSSR count). The van der Waals surface area contributed by atoms with E-state index in [0.29, 0.717) is 0 Å². The highest BCUT2D eigenvalue weighted by atomic mass is 28.4. The van der Waals surface area contributed by atoms with Crippen LogP contribution in [0.15, 0.2) is 126 Å². The van der Waals surface area contributed by atoms with Gasteiger partial charge in [-0.3, -0.25) is 9.59 Å². The molecule has 0 amide bonds. The maximum atomic E-state index is 13.1. The number of hydrogen-bond donors (Lipinski definition) is 0. The van der Waals surface area contributed by atoms with Crippen molar-refractivity contribution in [3.05, 3.63) is 132 Å². The maximum Gasteiger partial charge on any atom is 0.303 e. The predicted octanol–water partition coefficient (Wildman–Crippen LogP) is 6.27. The van der Waals surface area contributed by atoms with Crippen molar-refractivity contribution in [2.24, 2.45) is 5.11 Å². The van der Waals surface area contributed by atoms with Crippen molar-refractivity contribution in [3.63, 3.8) is 0 Å². The van der Waals surface area contributed by atoms with Gasteiger partial charge in [0.1, 0.15) is 42.7 Å². The van der Waals surface area contributed by atoms with Gasteiger partial charge in [0.15, 0.2) is 18.7 Å². The molecule has 0 radical (unpaired) electrons. The van der Waals surface area contributed by atoms with Crippen molar-refractivity contribution in [2.75, 3.05) is 27.4 Å². The van der Waals surface area contributed by atoms with E-state index in [1.54, 1.807) is 6.92 Å². The van der Waals surface area contributed by atoms with E-state index >= 15 is 0 Å². The molecule has 0 saturated carbocycles. The van der Waals surface area contributed by atoms with Crippen molar-refractivity contribution < 1.29 is 61.1 Å². The van der Waals surface area contributed by atoms with Gasteiger partial charge in [0.2, 0.25) is 0 Å². The lowest BCUT2D eigenvalue weighted by Crippen LogP contribution is -2.69. The third-order valence-corrected chi connectivity index (χ3v) is 23.4. The fraction of sp³-hybridized carbons (Fsp3) is 0.500. The van der Waals surface area contributed by atoms with Crippen LogP contribution >= 0.6 is 0 Å². The number of fused-ring (bicyclic) bond motifs is 1. The minimum absolute atomic E-state index is 0.0354. The monoisotopic (exact) mass is 997 g/mol. The van der Waals surface area contributed by atoms with Gasteiger partial charge >= 0.3 is 11.9 Å². The number of carbonyl (C=O) groups excluding carboxylic acids is 2. The number of hydrogen-bond acceptors (Lipinski definition) is 14. The van der Waals surface area contributed by atoms with Crippen LogP contribution in [-0.4, -0.2) is 123 Å². The second kappa shape index (κ2) is 21.9. The Morgan fingerprint density at radius 2 is 1.01 bits per heavy atom. The van der Waals surface area contributed by atoms with Crippen LogP contribution in [0.1, 0.15) is 62.3 Å². The first-order valence-electron chi connectivity index (χ1n) is 23.6. The van der Waals surface area contributed by atoms with E-state index in [-0.39, 0.29) is 13.2 Å². The number of carbonyl (C=O) groups is 2. The summed E-state index contributed by atoms with van der Waals surface area (Å²) in [6, 6.07) is 39.2. The number of ether oxygens (including phenoxy) is 9. The molecule has 18 heteroatoms. The minimum atomic E-state index is -3.25. The summed E-state index contributed by atoms with van der Waals surface area (Å²) in [6.45, 7) is 16.9. The van der Waals surface area contributed by atoms with E-state index in [1.807, 2.05) is 72.8 Å². The zero-order valence-corrected chi connectivity index (χ0v) is 43.9. The van der Waals surface area contributed by atoms with Gasteiger partial charge in [0, 0.05) is 39.9 Å². The van der Waals surface area contributed by atoms with Crippen LogP contribution in [0.5, 0.6) is 0 Å². The fourth-order valence-corrected chi connectivity index (χ4v) is 19.5. The Balaban J connectivity index is 1.34. The van der Waals surface area contributed by atoms with Crippen LogP contribution in [0.4, 0.5) is 0 Å². The SMILES string of the molecule is CO[C@@H]1O[C@H](CO[Si](c2ccccc2)(c2ccccc2)C(C)(C)C)[C@@H](O[C@@H]2O[C@H](CO[Si](c3ccccc3)(c3ccccc3)C(C)(C)C)[C@@H]3OC(C)(OC)O[C@@H]3[C@H]2OC(C)=O)[C@H](OC(C)=O)[C@H]1N=[N+]=[N-]. The molecule has 3 aliphatic rings. The van der Waals surface area contributed by atoms with Gasteiger partial charge in [-0.25, -0.2) is 0 Å². The predicted molar refractivity (Wildman–Crippen MR) is 266 cm³/mol. The van der Waals surface area contributed by atoms with Gasteiger partial charge in [0.25, 0.3) is 22.6 Å². The van der Waals surface area contributed by atoms with Crippen LogP contribution in [0.2, 0.25) is 10.1 Å². The van der Waals surface area contributed by atoms with E-state index in [2.05, 4.69) is 100 Å². The van der Waals surface area contributed by atoms with Gasteiger partial charge < -0.3 is 51.5 Å². The van der Waals surface area contributed by atoms with Crippen molar-refractivity contribution in [3.8, 4) is 0 Å². The molecule has 11 atom stereocenters. The largest absolute Gasteiger partial charge is 0.459 e. The first kappa shape index (κ1) is 53.0. The zero-order chi connectivity index (χ0) is 50.5. The number of azide groups is 1. The molecule has 3 fully saturated rings. The van der Waals surface area contributed by atoms with E-state index in [1.165, 1.54) is 28.1 Å². The summed E-state index contributed by atoms with van der Waals surface area (Å²) in [5.74, 6) is -2.95. The lowest BCUT2D eigenvalue weighted by molar-refractivity contribution is -0.338. The fourth-order valence-electron chi connectivity index (χ4n) is 10.3. The van der Waals surface area contributed by atoms with Crippen LogP contribution in [0.3, 0.4) is 0 Å². The molecule has 16 nitrogen and oxygen atoms in total. The molecule has 70 heavy (non-hydrogen) atoms. The topological polar surface area (TPSA) is 184 Å². The smallest absolute Gasteiger partial charge is 0.303 e. The average molecular weight is 998 g/mol. The third kappa shape index (κ3) is 10.7. The Kier molecular flexibility index (Phi) is 16.6. The molecule has 0 aliphatic carbocycles. The summed E-state index contributed by atoms with van der Waals surface area (Å²) in [7, 11) is -3.58. The van der Waals surface area contributed by atoms with Gasteiger partial charge in [-0.1, -0.05) is 168 Å². The van der Waals surface area contributed by atoms with E-state index in [4.69, 9.17) is 51.5 Å². The quantitative estimate of drug-likeness (QED) is 0.0380. The lowest BCUT2D eigenvalue weighted by atomic mass is 9.95. The minimum Gasteiger partial charge on any atom is -0.459 e. The van der Waals surface area contributed by atoms with Crippen LogP contribution < -0.4 is 20.7 Å². The van der Waals surface area contributed by atoms with Gasteiger partial charge in [-0.2, -0.15) is 0 Å². The molecule has 1 unspecified atom stereocenters.